The van der Waals surface area contributed by atoms with E-state index in [-0.39, 0.29) is 30.1 Å². The first kappa shape index (κ1) is 84.0. The van der Waals surface area contributed by atoms with Crippen LogP contribution in [0.15, 0.2) is 202 Å². The Morgan fingerprint density at radius 1 is 0.407 bits per heavy atom. The number of carbonyl (C=O) groups excluding carboxylic acids is 1. The highest BCUT2D eigenvalue weighted by atomic mass is 32.2. The molecule has 0 aliphatic carbocycles. The Morgan fingerprint density at radius 3 is 1.21 bits per heavy atom. The number of aryl methyl sites for hydroxylation is 2. The monoisotopic (exact) mass is 1550 g/mol. The summed E-state index contributed by atoms with van der Waals surface area (Å²) in [5.74, 6) is -0.131. The van der Waals surface area contributed by atoms with Gasteiger partial charge in [0.1, 0.15) is 0 Å². The fourth-order valence-electron chi connectivity index (χ4n) is 14.8. The number of nitrogens with one attached hydrogen (secondary N) is 2. The summed E-state index contributed by atoms with van der Waals surface area (Å²) < 4.78 is 127. The molecular formula is C84H110N8O12S4. The quantitative estimate of drug-likeness (QED) is 0.0380. The molecule has 0 fully saturated rings. The Morgan fingerprint density at radius 2 is 0.787 bits per heavy atom. The summed E-state index contributed by atoms with van der Waals surface area (Å²) in [5.41, 5.74) is 12.1. The molecule has 4 aliphatic rings. The number of hydrogen-bond acceptors (Lipinski definition) is 16. The molecule has 0 radical (unpaired) electrons. The van der Waals surface area contributed by atoms with Crippen molar-refractivity contribution < 1.29 is 52.7 Å². The van der Waals surface area contributed by atoms with E-state index in [0.717, 1.165) is 150 Å². The summed E-state index contributed by atoms with van der Waals surface area (Å²) in [6.45, 7) is 17.4. The number of unbranched alkanes of at least 4 members (excludes halogenated alkanes) is 5. The fraction of sp³-hybridized carbons (Fsp3) is 0.417. The largest absolute Gasteiger partial charge is 0.466 e. The third-order valence-electron chi connectivity index (χ3n) is 20.2. The number of carbonyl (C=O) groups is 1. The van der Waals surface area contributed by atoms with E-state index >= 15 is 0 Å². The number of rotatable bonds is 26. The Kier molecular flexibility index (Phi) is 30.0. The van der Waals surface area contributed by atoms with Crippen LogP contribution < -0.4 is 27.9 Å². The first-order chi connectivity index (χ1) is 51.9. The normalized spacial score (nSPS) is 17.9. The van der Waals surface area contributed by atoms with E-state index in [0.29, 0.717) is 58.9 Å². The van der Waals surface area contributed by atoms with Gasteiger partial charge in [0.25, 0.3) is 40.1 Å². The van der Waals surface area contributed by atoms with Crippen LogP contribution in [0.3, 0.4) is 0 Å². The number of methoxy groups -OCH3 is 2. The van der Waals surface area contributed by atoms with E-state index in [1.165, 1.54) is 30.1 Å². The molecule has 4 unspecified atom stereocenters. The summed E-state index contributed by atoms with van der Waals surface area (Å²) >= 11 is 0. The van der Waals surface area contributed by atoms with Crippen LogP contribution in [0, 0.1) is 13.8 Å². The van der Waals surface area contributed by atoms with E-state index in [1.807, 2.05) is 181 Å². The van der Waals surface area contributed by atoms with Gasteiger partial charge in [-0.05, 0) is 205 Å². The van der Waals surface area contributed by atoms with Crippen LogP contribution in [0.2, 0.25) is 0 Å². The lowest BCUT2D eigenvalue weighted by Gasteiger charge is -2.30. The maximum absolute atomic E-state index is 13.4. The Balaban J connectivity index is 0.000000167. The van der Waals surface area contributed by atoms with Crippen LogP contribution in [0.25, 0.3) is 0 Å². The maximum atomic E-state index is 13.4. The number of esters is 1. The maximum Gasteiger partial charge on any atom is 0.305 e. The molecular weight excluding hydrogens is 1440 g/mol. The lowest BCUT2D eigenvalue weighted by Crippen LogP contribution is -2.30. The number of fused-ring (bicyclic) bond motifs is 8. The molecule has 0 spiro atoms. The van der Waals surface area contributed by atoms with Crippen molar-refractivity contribution in [3.05, 3.63) is 238 Å². The summed E-state index contributed by atoms with van der Waals surface area (Å²) in [7, 11) is -3.59. The van der Waals surface area contributed by atoms with Crippen molar-refractivity contribution >= 4 is 68.8 Å². The number of nitrogens with zero attached hydrogens (tertiary/aromatic N) is 6. The number of sulfonamides is 4. The van der Waals surface area contributed by atoms with Crippen LogP contribution >= 0.6 is 0 Å². The molecule has 0 saturated carbocycles. The van der Waals surface area contributed by atoms with Gasteiger partial charge < -0.3 is 24.8 Å². The predicted octanol–water partition coefficient (Wildman–Crippen LogP) is 14.9. The van der Waals surface area contributed by atoms with E-state index in [2.05, 4.69) is 40.5 Å². The molecule has 20 nitrogen and oxygen atoms in total. The third-order valence-corrected chi connectivity index (χ3v) is 27.8. The van der Waals surface area contributed by atoms with Gasteiger partial charge in [0, 0.05) is 67.6 Å². The van der Waals surface area contributed by atoms with Crippen molar-refractivity contribution in [3.63, 3.8) is 0 Å². The first-order valence-electron chi connectivity index (χ1n) is 37.7. The zero-order valence-corrected chi connectivity index (χ0v) is 68.0. The van der Waals surface area contributed by atoms with Gasteiger partial charge in [0.2, 0.25) is 0 Å². The van der Waals surface area contributed by atoms with Gasteiger partial charge in [-0.1, -0.05) is 166 Å². The number of hydrogen-bond donors (Lipinski definition) is 2. The highest BCUT2D eigenvalue weighted by Crippen LogP contribution is 2.47. The van der Waals surface area contributed by atoms with Crippen LogP contribution in [0.1, 0.15) is 172 Å². The van der Waals surface area contributed by atoms with Crippen LogP contribution in [0.4, 0.5) is 22.7 Å². The summed E-state index contributed by atoms with van der Waals surface area (Å²) in [4.78, 5) is 17.5. The number of ether oxygens (including phenoxy) is 3. The molecule has 4 atom stereocenters. The average Bonchev–Trinajstić information content (AvgIpc) is 1.60. The molecule has 8 aromatic rings. The molecule has 4 heterocycles. The summed E-state index contributed by atoms with van der Waals surface area (Å²) in [6, 6.07) is 56.5. The Hall–Kier alpha value is -8.01. The van der Waals surface area contributed by atoms with E-state index in [1.54, 1.807) is 64.7 Å². The molecule has 0 saturated heterocycles. The molecule has 0 amide bonds. The minimum absolute atomic E-state index is 0.0709. The van der Waals surface area contributed by atoms with Crippen molar-refractivity contribution in [2.75, 3.05) is 119 Å². The second-order valence-electron chi connectivity index (χ2n) is 27.6. The molecule has 0 aromatic heterocycles. The van der Waals surface area contributed by atoms with Gasteiger partial charge in [0.15, 0.2) is 0 Å². The molecule has 2 N–H and O–H groups in total. The van der Waals surface area contributed by atoms with E-state index < -0.39 is 40.1 Å². The Labute approximate surface area is 643 Å². The summed E-state index contributed by atoms with van der Waals surface area (Å²) in [5, 5.41) is 7.11. The van der Waals surface area contributed by atoms with Crippen LogP contribution in [-0.4, -0.2) is 151 Å². The molecule has 0 bridgehead atoms. The Bertz CT molecular complexity index is 4670. The van der Waals surface area contributed by atoms with Gasteiger partial charge in [-0.2, -0.15) is 0 Å². The van der Waals surface area contributed by atoms with Gasteiger partial charge in [0.05, 0.1) is 73.1 Å². The van der Waals surface area contributed by atoms with Crippen molar-refractivity contribution in [3.8, 4) is 0 Å². The molecule has 4 aliphatic heterocycles. The highest BCUT2D eigenvalue weighted by molar-refractivity contribution is 7.93. The fourth-order valence-corrected chi connectivity index (χ4v) is 21.4. The van der Waals surface area contributed by atoms with Gasteiger partial charge in [-0.3, -0.25) is 31.8 Å². The van der Waals surface area contributed by atoms with Gasteiger partial charge in [-0.25, -0.2) is 33.7 Å². The molecule has 24 heteroatoms. The van der Waals surface area contributed by atoms with Crippen LogP contribution in [-0.2, 0) is 59.1 Å². The zero-order valence-electron chi connectivity index (χ0n) is 64.8. The zero-order chi connectivity index (χ0) is 77.9. The standard InChI is InChI=1S/C24H32N2O4S.C21H28N2O2S.C20H26N2O3S.C19H24N2O3S/c1-3-26-21-15-10-8-13-19(21)24(20-14-9-11-16-22(20)31(26,28)29)25-18-12-6-5-7-17-23(27)30-4-2;1-5-6-9-14-22(3)21-17-10-7-8-11-19(17)23(4)26(24,25)20-15-16(2)12-13-18(20)21;1-15-10-11-17-19(14-15)26(23,24)22(3)18-9-6-5-8-16(18)20(17)21(2)12-7-13-25-4;1-3-21-17-11-6-4-9-15(17)19(20-13-8-14-24-2)16-10-5-7-12-18(16)25(21,22)23/h8-11,13-16,24-25H,3-7,12,17-18H2,1-2H3;7-8,10-13,15,21H,5-6,9,14H2,1-4H3;5-6,8-11,14,20H,7,12-13H2,1-4H3;4-7,9-12,19-20H,3,8,13-14H2,1-2H3. The first-order valence-corrected chi connectivity index (χ1v) is 43.4. The highest BCUT2D eigenvalue weighted by Gasteiger charge is 2.41. The van der Waals surface area contributed by atoms with Crippen molar-refractivity contribution in [2.24, 2.45) is 0 Å². The van der Waals surface area contributed by atoms with Crippen molar-refractivity contribution in [2.45, 2.75) is 149 Å². The lowest BCUT2D eigenvalue weighted by atomic mass is 9.94. The van der Waals surface area contributed by atoms with Crippen LogP contribution in [0.5, 0.6) is 0 Å². The third kappa shape index (κ3) is 18.9. The predicted molar refractivity (Wildman–Crippen MR) is 433 cm³/mol. The molecule has 12 rings (SSSR count). The SMILES string of the molecule is CCCCCN(C)C1c2ccccc2N(C)S(=O)(=O)c2cc(C)ccc21.CCN1c2ccccc2C(NCCCOC)c2ccccc2S1(=O)=O.CCOC(=O)CCCCCCNC1c2ccccc2N(CC)S(=O)(=O)c2ccccc21.COCCCN(C)C1c2ccccc2N(C)S(=O)(=O)c2cc(C)ccc21. The molecule has 108 heavy (non-hydrogen) atoms. The minimum atomic E-state index is -3.62. The number of anilines is 4. The van der Waals surface area contributed by atoms with Gasteiger partial charge >= 0.3 is 5.97 Å². The summed E-state index contributed by atoms with van der Waals surface area (Å²) in [6.07, 6.45) is 9.42. The number of benzene rings is 8. The second kappa shape index (κ2) is 38.6. The number of para-hydroxylation sites is 4. The topological polar surface area (TPSA) is 225 Å². The second-order valence-corrected chi connectivity index (χ2v) is 35.1. The average molecular weight is 1550 g/mol. The van der Waals surface area contributed by atoms with E-state index in [4.69, 9.17) is 14.2 Å². The molecule has 8 aromatic carbocycles. The lowest BCUT2D eigenvalue weighted by molar-refractivity contribution is -0.143. The van der Waals surface area contributed by atoms with Crippen molar-refractivity contribution in [1.82, 2.24) is 20.4 Å². The van der Waals surface area contributed by atoms with Crippen molar-refractivity contribution in [1.29, 1.82) is 0 Å². The van der Waals surface area contributed by atoms with Gasteiger partial charge in [-0.15, -0.1) is 0 Å². The molecule has 582 valence electrons. The minimum Gasteiger partial charge on any atom is -0.466 e. The smallest absolute Gasteiger partial charge is 0.305 e. The van der Waals surface area contributed by atoms with E-state index in [9.17, 15) is 38.5 Å².